The van der Waals surface area contributed by atoms with E-state index >= 15 is 0 Å². The van der Waals surface area contributed by atoms with Crippen LogP contribution in [-0.2, 0) is 16.1 Å². The maximum Gasteiger partial charge on any atom is 0.239 e. The summed E-state index contributed by atoms with van der Waals surface area (Å²) in [7, 11) is 0. The van der Waals surface area contributed by atoms with Crippen LogP contribution in [0.15, 0.2) is 30.5 Å². The molecule has 1 fully saturated rings. The van der Waals surface area contributed by atoms with Gasteiger partial charge in [0.2, 0.25) is 11.8 Å². The molecule has 110 valence electrons. The lowest BCUT2D eigenvalue weighted by Gasteiger charge is -2.25. The number of amides is 2. The summed E-state index contributed by atoms with van der Waals surface area (Å²) >= 11 is 0. The molecule has 5 nitrogen and oxygen atoms in total. The number of rotatable bonds is 4. The number of H-pyrrole nitrogens is 1. The maximum absolute atomic E-state index is 11.9. The van der Waals surface area contributed by atoms with Crippen molar-refractivity contribution in [1.29, 1.82) is 0 Å². The molecular weight excluding hydrogens is 266 g/mol. The third kappa shape index (κ3) is 3.24. The Bertz CT molecular complexity index is 662. The third-order valence-corrected chi connectivity index (χ3v) is 3.86. The van der Waals surface area contributed by atoms with Gasteiger partial charge in [-0.3, -0.25) is 9.59 Å². The number of hydrogen-bond donors (Lipinski definition) is 2. The highest BCUT2D eigenvalue weighted by atomic mass is 16.2. The Morgan fingerprint density at radius 2 is 2.19 bits per heavy atom. The van der Waals surface area contributed by atoms with Crippen molar-refractivity contribution in [3.63, 3.8) is 0 Å². The molecule has 1 aliphatic rings. The Morgan fingerprint density at radius 3 is 3.05 bits per heavy atom. The summed E-state index contributed by atoms with van der Waals surface area (Å²) in [6, 6.07) is 8.06. The number of likely N-dealkylation sites (tertiary alicyclic amines) is 1. The fourth-order valence-corrected chi connectivity index (χ4v) is 2.67. The van der Waals surface area contributed by atoms with Gasteiger partial charge in [-0.2, -0.15) is 0 Å². The molecule has 21 heavy (non-hydrogen) atoms. The molecule has 1 aliphatic heterocycles. The molecule has 0 aliphatic carbocycles. The number of aromatic amines is 1. The van der Waals surface area contributed by atoms with Crippen LogP contribution in [0.2, 0.25) is 0 Å². The van der Waals surface area contributed by atoms with Gasteiger partial charge in [-0.1, -0.05) is 6.07 Å². The predicted molar refractivity (Wildman–Crippen MR) is 80.6 cm³/mol. The minimum absolute atomic E-state index is 0.0881. The third-order valence-electron chi connectivity index (χ3n) is 3.86. The molecule has 2 heterocycles. The molecule has 0 radical (unpaired) electrons. The van der Waals surface area contributed by atoms with E-state index in [1.54, 1.807) is 4.90 Å². The predicted octanol–water partition coefficient (Wildman–Crippen LogP) is 1.80. The molecule has 1 saturated heterocycles. The van der Waals surface area contributed by atoms with Gasteiger partial charge in [-0.05, 0) is 42.0 Å². The summed E-state index contributed by atoms with van der Waals surface area (Å²) in [6.07, 6.45) is 4.39. The zero-order valence-corrected chi connectivity index (χ0v) is 11.9. The Morgan fingerprint density at radius 1 is 1.29 bits per heavy atom. The van der Waals surface area contributed by atoms with Crippen LogP contribution in [0.5, 0.6) is 0 Å². The normalized spacial score (nSPS) is 15.4. The van der Waals surface area contributed by atoms with Gasteiger partial charge in [-0.15, -0.1) is 0 Å². The SMILES string of the molecule is O=C(CN1CCCCC1=O)NCc1ccc2[nH]ccc2c1. The average molecular weight is 285 g/mol. The first kappa shape index (κ1) is 13.7. The van der Waals surface area contributed by atoms with Crippen LogP contribution >= 0.6 is 0 Å². The van der Waals surface area contributed by atoms with Crippen molar-refractivity contribution >= 4 is 22.7 Å². The highest BCUT2D eigenvalue weighted by Crippen LogP contribution is 2.14. The topological polar surface area (TPSA) is 65.2 Å². The monoisotopic (exact) mass is 285 g/mol. The smallest absolute Gasteiger partial charge is 0.239 e. The number of benzene rings is 1. The number of nitrogens with one attached hydrogen (secondary N) is 2. The van der Waals surface area contributed by atoms with E-state index in [0.717, 1.165) is 29.3 Å². The molecule has 0 bridgehead atoms. The summed E-state index contributed by atoms with van der Waals surface area (Å²) < 4.78 is 0. The van der Waals surface area contributed by atoms with Crippen LogP contribution in [0.25, 0.3) is 10.9 Å². The molecule has 1 aromatic carbocycles. The summed E-state index contributed by atoms with van der Waals surface area (Å²) in [5.74, 6) is -0.00967. The van der Waals surface area contributed by atoms with Crippen LogP contribution in [-0.4, -0.2) is 34.8 Å². The van der Waals surface area contributed by atoms with Gasteiger partial charge in [0, 0.05) is 31.2 Å². The quantitative estimate of drug-likeness (QED) is 0.899. The van der Waals surface area contributed by atoms with E-state index in [2.05, 4.69) is 16.4 Å². The van der Waals surface area contributed by atoms with Gasteiger partial charge >= 0.3 is 0 Å². The number of aromatic nitrogens is 1. The Balaban J connectivity index is 1.54. The summed E-state index contributed by atoms with van der Waals surface area (Å²) in [4.78, 5) is 28.4. The van der Waals surface area contributed by atoms with Crippen LogP contribution in [0.3, 0.4) is 0 Å². The van der Waals surface area contributed by atoms with E-state index in [0.29, 0.717) is 19.5 Å². The van der Waals surface area contributed by atoms with Crippen molar-refractivity contribution in [2.24, 2.45) is 0 Å². The number of fused-ring (bicyclic) bond motifs is 1. The van der Waals surface area contributed by atoms with E-state index in [-0.39, 0.29) is 18.4 Å². The fraction of sp³-hybridized carbons (Fsp3) is 0.375. The number of carbonyl (C=O) groups is 2. The molecular formula is C16H19N3O2. The van der Waals surface area contributed by atoms with Gasteiger partial charge < -0.3 is 15.2 Å². The molecule has 2 amide bonds. The zero-order valence-electron chi connectivity index (χ0n) is 11.9. The van der Waals surface area contributed by atoms with Crippen LogP contribution < -0.4 is 5.32 Å². The number of hydrogen-bond acceptors (Lipinski definition) is 2. The second kappa shape index (κ2) is 5.99. The zero-order chi connectivity index (χ0) is 14.7. The molecule has 0 atom stereocenters. The molecule has 0 spiro atoms. The molecule has 0 unspecified atom stereocenters. The second-order valence-corrected chi connectivity index (χ2v) is 5.45. The average Bonchev–Trinajstić information content (AvgIpc) is 2.95. The van der Waals surface area contributed by atoms with Crippen molar-refractivity contribution in [2.45, 2.75) is 25.8 Å². The number of carbonyl (C=O) groups excluding carboxylic acids is 2. The van der Waals surface area contributed by atoms with Gasteiger partial charge in [0.15, 0.2) is 0 Å². The second-order valence-electron chi connectivity index (χ2n) is 5.45. The van der Waals surface area contributed by atoms with E-state index < -0.39 is 0 Å². The maximum atomic E-state index is 11.9. The fourth-order valence-electron chi connectivity index (χ4n) is 2.67. The molecule has 2 aromatic rings. The van der Waals surface area contributed by atoms with Crippen LogP contribution in [0.1, 0.15) is 24.8 Å². The molecule has 0 saturated carbocycles. The highest BCUT2D eigenvalue weighted by Gasteiger charge is 2.20. The van der Waals surface area contributed by atoms with Crippen molar-refractivity contribution in [3.8, 4) is 0 Å². The molecule has 3 rings (SSSR count). The summed E-state index contributed by atoms with van der Waals surface area (Å²) in [5, 5.41) is 4.01. The summed E-state index contributed by atoms with van der Waals surface area (Å²) in [6.45, 7) is 1.36. The first-order valence-corrected chi connectivity index (χ1v) is 7.33. The number of piperidine rings is 1. The van der Waals surface area contributed by atoms with Crippen molar-refractivity contribution in [2.75, 3.05) is 13.1 Å². The van der Waals surface area contributed by atoms with Crippen molar-refractivity contribution < 1.29 is 9.59 Å². The Kier molecular flexibility index (Phi) is 3.90. The van der Waals surface area contributed by atoms with E-state index in [9.17, 15) is 9.59 Å². The first-order chi connectivity index (χ1) is 10.2. The minimum Gasteiger partial charge on any atom is -0.361 e. The Labute approximate surface area is 123 Å². The van der Waals surface area contributed by atoms with Crippen LogP contribution in [0.4, 0.5) is 0 Å². The van der Waals surface area contributed by atoms with Gasteiger partial charge in [0.25, 0.3) is 0 Å². The number of nitrogens with zero attached hydrogens (tertiary/aromatic N) is 1. The lowest BCUT2D eigenvalue weighted by Crippen LogP contribution is -2.42. The minimum atomic E-state index is -0.0978. The largest absolute Gasteiger partial charge is 0.361 e. The highest BCUT2D eigenvalue weighted by molar-refractivity contribution is 5.85. The van der Waals surface area contributed by atoms with Gasteiger partial charge in [0.05, 0.1) is 6.54 Å². The van der Waals surface area contributed by atoms with E-state index in [1.807, 2.05) is 24.4 Å². The van der Waals surface area contributed by atoms with E-state index in [1.165, 1.54) is 0 Å². The summed E-state index contributed by atoms with van der Waals surface area (Å²) in [5.41, 5.74) is 2.14. The van der Waals surface area contributed by atoms with Crippen molar-refractivity contribution in [3.05, 3.63) is 36.0 Å². The molecule has 2 N–H and O–H groups in total. The Hall–Kier alpha value is -2.30. The van der Waals surface area contributed by atoms with Crippen molar-refractivity contribution in [1.82, 2.24) is 15.2 Å². The van der Waals surface area contributed by atoms with E-state index in [4.69, 9.17) is 0 Å². The molecule has 5 heteroatoms. The lowest BCUT2D eigenvalue weighted by atomic mass is 10.1. The van der Waals surface area contributed by atoms with Gasteiger partial charge in [-0.25, -0.2) is 0 Å². The molecule has 1 aromatic heterocycles. The lowest BCUT2D eigenvalue weighted by molar-refractivity contribution is -0.137. The van der Waals surface area contributed by atoms with Gasteiger partial charge in [0.1, 0.15) is 0 Å². The standard InChI is InChI=1S/C16H19N3O2/c20-15(11-19-8-2-1-3-16(19)21)18-10-12-4-5-14-13(9-12)6-7-17-14/h4-7,9,17H,1-3,8,10-11H2,(H,18,20). The van der Waals surface area contributed by atoms with Crippen LogP contribution in [0, 0.1) is 0 Å². The first-order valence-electron chi connectivity index (χ1n) is 7.33.